The summed E-state index contributed by atoms with van der Waals surface area (Å²) in [5, 5.41) is 13.7. The molecule has 0 spiro atoms. The Labute approximate surface area is 274 Å². The normalized spacial score (nSPS) is 15.3. The van der Waals surface area contributed by atoms with E-state index < -0.39 is 27.0 Å². The fourth-order valence-electron chi connectivity index (χ4n) is 4.33. The van der Waals surface area contributed by atoms with Crippen LogP contribution in [0.4, 0.5) is 11.4 Å². The summed E-state index contributed by atoms with van der Waals surface area (Å²) in [6.45, 7) is 6.10. The molecule has 4 rings (SSSR count). The summed E-state index contributed by atoms with van der Waals surface area (Å²) in [5.74, 6) is 1.27. The summed E-state index contributed by atoms with van der Waals surface area (Å²) in [6, 6.07) is 17.3. The molecular weight excluding hydrogens is 587 g/mol. The summed E-state index contributed by atoms with van der Waals surface area (Å²) in [7, 11) is -4.76. The molecule has 9 nitrogen and oxygen atoms in total. The number of carbonyl (C=O) groups excluding carboxylic acids is 1. The van der Waals surface area contributed by atoms with Crippen LogP contribution in [0.2, 0.25) is 5.02 Å². The van der Waals surface area contributed by atoms with E-state index in [9.17, 15) is 17.8 Å². The van der Waals surface area contributed by atoms with Crippen molar-refractivity contribution in [1.82, 2.24) is 0 Å². The first-order valence-electron chi connectivity index (χ1n) is 13.4. The number of halogens is 1. The van der Waals surface area contributed by atoms with E-state index in [1.807, 2.05) is 18.2 Å². The van der Waals surface area contributed by atoms with E-state index in [4.69, 9.17) is 16.3 Å². The van der Waals surface area contributed by atoms with Crippen LogP contribution in [0.25, 0.3) is 0 Å². The number of hydrogen-bond donors (Lipinski definition) is 0. The minimum atomic E-state index is -4.76. The molecule has 1 aliphatic heterocycles. The third-order valence-electron chi connectivity index (χ3n) is 6.57. The second-order valence-electron chi connectivity index (χ2n) is 10.3. The van der Waals surface area contributed by atoms with E-state index in [1.165, 1.54) is 30.9 Å². The maximum absolute atomic E-state index is 13.1. The van der Waals surface area contributed by atoms with Crippen molar-refractivity contribution in [3.8, 4) is 11.5 Å². The number of nitrogens with zero attached hydrogens (tertiary/aromatic N) is 4. The van der Waals surface area contributed by atoms with E-state index >= 15 is 0 Å². The van der Waals surface area contributed by atoms with Gasteiger partial charge in [-0.1, -0.05) is 69.0 Å². The van der Waals surface area contributed by atoms with E-state index in [-0.39, 0.29) is 40.3 Å². The molecular formula is C30H32ClN4NaO5S. The Kier molecular flexibility index (Phi) is 12.3. The minimum absolute atomic E-state index is 0. The maximum atomic E-state index is 13.1. The molecule has 0 aliphatic carbocycles. The fourth-order valence-corrected chi connectivity index (χ4v) is 5.02. The molecule has 0 aromatic heterocycles. The quantitative estimate of drug-likeness (QED) is 0.126. The number of azo groups is 1. The molecule has 1 atom stereocenters. The van der Waals surface area contributed by atoms with Gasteiger partial charge in [-0.25, -0.2) is 8.42 Å². The number of ether oxygens (including phenoxy) is 1. The van der Waals surface area contributed by atoms with Crippen LogP contribution in [0, 0.1) is 5.92 Å². The van der Waals surface area contributed by atoms with Gasteiger partial charge in [-0.05, 0) is 73.7 Å². The van der Waals surface area contributed by atoms with Crippen LogP contribution in [-0.4, -0.2) is 30.6 Å². The number of anilines is 1. The standard InChI is InChI=1S/C30H33ClN4O5S.Na/c1-20(2)9-5-4-6-10-22-13-15-23(16-14-22)40-28-12-8-7-11-26(28)32-33-29-21(3)34-35(30(29)36)27-19-24(41(37,38)39)17-18-25(27)31;/h7-8,11-20,29H,4-6,9-10H2,1-3H3,(H,37,38,39);/q;+1/p-1. The largest absolute Gasteiger partial charge is 1.00 e. The molecule has 0 bridgehead atoms. The van der Waals surface area contributed by atoms with Crippen molar-refractivity contribution in [1.29, 1.82) is 0 Å². The molecule has 216 valence electrons. The topological polar surface area (TPSA) is 124 Å². The third kappa shape index (κ3) is 8.95. The molecule has 0 N–H and O–H groups in total. The average molecular weight is 619 g/mol. The van der Waals surface area contributed by atoms with Crippen molar-refractivity contribution in [2.24, 2.45) is 21.2 Å². The van der Waals surface area contributed by atoms with Gasteiger partial charge >= 0.3 is 29.6 Å². The Morgan fingerprint density at radius 3 is 2.45 bits per heavy atom. The molecule has 0 saturated carbocycles. The second-order valence-corrected chi connectivity index (χ2v) is 12.1. The molecule has 0 saturated heterocycles. The van der Waals surface area contributed by atoms with Crippen LogP contribution in [0.1, 0.15) is 52.0 Å². The maximum Gasteiger partial charge on any atom is 1.00 e. The van der Waals surface area contributed by atoms with Gasteiger partial charge in [-0.2, -0.15) is 20.3 Å². The zero-order chi connectivity index (χ0) is 29.6. The van der Waals surface area contributed by atoms with Crippen molar-refractivity contribution in [3.05, 3.63) is 77.3 Å². The molecule has 1 amide bonds. The van der Waals surface area contributed by atoms with Crippen molar-refractivity contribution >= 4 is 44.7 Å². The van der Waals surface area contributed by atoms with E-state index in [0.717, 1.165) is 35.9 Å². The van der Waals surface area contributed by atoms with E-state index in [2.05, 4.69) is 41.3 Å². The summed E-state index contributed by atoms with van der Waals surface area (Å²) in [4.78, 5) is 12.6. The van der Waals surface area contributed by atoms with E-state index in [1.54, 1.807) is 25.1 Å². The Morgan fingerprint density at radius 1 is 1.05 bits per heavy atom. The Morgan fingerprint density at radius 2 is 1.76 bits per heavy atom. The van der Waals surface area contributed by atoms with Crippen molar-refractivity contribution < 1.29 is 52.1 Å². The number of hydrogen-bond acceptors (Lipinski definition) is 8. The molecule has 1 unspecified atom stereocenters. The van der Waals surface area contributed by atoms with Gasteiger partial charge in [-0.3, -0.25) is 4.79 Å². The van der Waals surface area contributed by atoms with E-state index in [0.29, 0.717) is 22.9 Å². The van der Waals surface area contributed by atoms with Crippen LogP contribution in [0.15, 0.2) is 87.0 Å². The van der Waals surface area contributed by atoms with Crippen molar-refractivity contribution in [3.63, 3.8) is 0 Å². The fraction of sp³-hybridized carbons (Fsp3) is 0.333. The number of aryl methyl sites for hydroxylation is 1. The first-order valence-corrected chi connectivity index (χ1v) is 15.2. The second kappa shape index (κ2) is 15.2. The number of unbranched alkanes of at least 4 members (excludes halogenated alkanes) is 2. The van der Waals surface area contributed by atoms with Gasteiger partial charge in [0.05, 0.1) is 21.3 Å². The average Bonchev–Trinajstić information content (AvgIpc) is 3.21. The van der Waals surface area contributed by atoms with Gasteiger partial charge < -0.3 is 9.29 Å². The SMILES string of the molecule is CC1=NN(c2cc(S(=O)(=O)[O-])ccc2Cl)C(=O)C1N=Nc1ccccc1Oc1ccc(CCCCCC(C)C)cc1.[Na+]. The van der Waals surface area contributed by atoms with Crippen LogP contribution in [0.5, 0.6) is 11.5 Å². The first kappa shape index (κ1) is 33.9. The van der Waals surface area contributed by atoms with Gasteiger partial charge in [0.1, 0.15) is 21.6 Å². The number of para-hydroxylation sites is 1. The number of hydrazone groups is 1. The summed E-state index contributed by atoms with van der Waals surface area (Å²) in [6.07, 6.45) is 5.93. The predicted molar refractivity (Wildman–Crippen MR) is 158 cm³/mol. The molecule has 3 aromatic rings. The van der Waals surface area contributed by atoms with Crippen molar-refractivity contribution in [2.45, 2.75) is 63.8 Å². The Balaban J connectivity index is 0.00000484. The molecule has 12 heteroatoms. The third-order valence-corrected chi connectivity index (χ3v) is 7.73. The zero-order valence-electron chi connectivity index (χ0n) is 24.2. The van der Waals surface area contributed by atoms with Crippen molar-refractivity contribution in [2.75, 3.05) is 5.01 Å². The first-order chi connectivity index (χ1) is 19.5. The molecule has 3 aromatic carbocycles. The van der Waals surface area contributed by atoms with Crippen LogP contribution < -0.4 is 39.3 Å². The molecule has 0 fully saturated rings. The molecule has 1 aliphatic rings. The number of benzene rings is 3. The van der Waals surface area contributed by atoms with Crippen LogP contribution >= 0.6 is 11.6 Å². The molecule has 1 heterocycles. The van der Waals surface area contributed by atoms with Gasteiger partial charge in [0.15, 0.2) is 11.8 Å². The zero-order valence-corrected chi connectivity index (χ0v) is 27.7. The minimum Gasteiger partial charge on any atom is -0.744 e. The van der Waals surface area contributed by atoms with Gasteiger partial charge in [0.25, 0.3) is 5.91 Å². The van der Waals surface area contributed by atoms with Gasteiger partial charge in [0.2, 0.25) is 0 Å². The smallest absolute Gasteiger partial charge is 0.744 e. The monoisotopic (exact) mass is 618 g/mol. The summed E-state index contributed by atoms with van der Waals surface area (Å²) < 4.78 is 40.4. The summed E-state index contributed by atoms with van der Waals surface area (Å²) in [5.41, 5.74) is 1.96. The molecule has 42 heavy (non-hydrogen) atoms. The number of rotatable bonds is 12. The Bertz CT molecular complexity index is 1560. The number of carbonyl (C=O) groups is 1. The summed E-state index contributed by atoms with van der Waals surface area (Å²) >= 11 is 6.18. The van der Waals surface area contributed by atoms with Crippen LogP contribution in [-0.2, 0) is 21.3 Å². The number of amides is 1. The van der Waals surface area contributed by atoms with Crippen LogP contribution in [0.3, 0.4) is 0 Å². The predicted octanol–water partition coefficient (Wildman–Crippen LogP) is 4.67. The Hall–Kier alpha value is -2.60. The van der Waals surface area contributed by atoms with Gasteiger partial charge in [-0.15, -0.1) is 0 Å². The molecule has 0 radical (unpaired) electrons. The van der Waals surface area contributed by atoms with Gasteiger partial charge in [0, 0.05) is 0 Å².